The number of aromatic nitrogens is 1. The smallest absolute Gasteiger partial charge is 0.238 e. The molecule has 2 N–H and O–H groups in total. The lowest BCUT2D eigenvalue weighted by atomic mass is 9.90. The number of rotatable bonds is 1. The quantitative estimate of drug-likeness (QED) is 0.796. The van der Waals surface area contributed by atoms with E-state index in [1.165, 1.54) is 0 Å². The lowest BCUT2D eigenvalue weighted by Crippen LogP contribution is -2.18. The molecule has 2 aliphatic rings. The van der Waals surface area contributed by atoms with E-state index in [1.54, 1.807) is 18.2 Å². The Morgan fingerprint density at radius 3 is 3.00 bits per heavy atom. The second kappa shape index (κ2) is 5.18. The summed E-state index contributed by atoms with van der Waals surface area (Å²) >= 11 is 0. The lowest BCUT2D eigenvalue weighted by molar-refractivity contribution is -0.116. The van der Waals surface area contributed by atoms with Crippen molar-refractivity contribution in [2.45, 2.75) is 31.3 Å². The van der Waals surface area contributed by atoms with Crippen LogP contribution in [0.4, 0.5) is 11.4 Å². The Balaban J connectivity index is 1.82. The first-order valence-electron chi connectivity index (χ1n) is 7.67. The summed E-state index contributed by atoms with van der Waals surface area (Å²) in [5.74, 6) is -0.661. The molecule has 5 nitrogen and oxygen atoms in total. The third-order valence-electron chi connectivity index (χ3n) is 4.56. The standard InChI is InChI=1S/C18H15N3O2/c1-19-11-6-8-13-12(9-11)16(18(23)21-13)14-7-5-10-3-2-4-15(22)17(10)20-14/h5-9,15-16,22H,2-4H2,(H,21,23). The summed E-state index contributed by atoms with van der Waals surface area (Å²) in [4.78, 5) is 20.4. The normalized spacial score (nSPS) is 22.0. The second-order valence-corrected chi connectivity index (χ2v) is 5.99. The van der Waals surface area contributed by atoms with Crippen molar-refractivity contribution in [3.8, 4) is 0 Å². The highest BCUT2D eigenvalue weighted by molar-refractivity contribution is 6.05. The van der Waals surface area contributed by atoms with Crippen molar-refractivity contribution in [2.24, 2.45) is 0 Å². The molecule has 1 aliphatic heterocycles. The van der Waals surface area contributed by atoms with Gasteiger partial charge in [-0.3, -0.25) is 9.78 Å². The molecule has 114 valence electrons. The first-order valence-corrected chi connectivity index (χ1v) is 7.67. The molecule has 2 aromatic rings. The molecule has 2 unspecified atom stereocenters. The number of fused-ring (bicyclic) bond motifs is 2. The molecule has 1 amide bonds. The highest BCUT2D eigenvalue weighted by Gasteiger charge is 2.34. The third-order valence-corrected chi connectivity index (χ3v) is 4.56. The highest BCUT2D eigenvalue weighted by atomic mass is 16.3. The molecule has 0 saturated heterocycles. The van der Waals surface area contributed by atoms with E-state index in [9.17, 15) is 9.90 Å². The van der Waals surface area contributed by atoms with E-state index in [0.29, 0.717) is 23.5 Å². The summed E-state index contributed by atoms with van der Waals surface area (Å²) in [6.07, 6.45) is 2.02. The summed E-state index contributed by atoms with van der Waals surface area (Å²) in [7, 11) is 0. The first-order chi connectivity index (χ1) is 11.2. The molecule has 2 heterocycles. The Morgan fingerprint density at radius 2 is 2.17 bits per heavy atom. The highest BCUT2D eigenvalue weighted by Crippen LogP contribution is 2.39. The topological polar surface area (TPSA) is 66.6 Å². The predicted octanol–water partition coefficient (Wildman–Crippen LogP) is 3.09. The lowest BCUT2D eigenvalue weighted by Gasteiger charge is -2.21. The molecule has 0 fully saturated rings. The van der Waals surface area contributed by atoms with Crippen LogP contribution in [0.15, 0.2) is 30.3 Å². The Bertz CT molecular complexity index is 854. The zero-order chi connectivity index (χ0) is 16.0. The van der Waals surface area contributed by atoms with Crippen LogP contribution in [0.25, 0.3) is 4.85 Å². The summed E-state index contributed by atoms with van der Waals surface area (Å²) in [5, 5.41) is 13.0. The van der Waals surface area contributed by atoms with Crippen LogP contribution < -0.4 is 5.32 Å². The van der Waals surface area contributed by atoms with Gasteiger partial charge >= 0.3 is 0 Å². The summed E-state index contributed by atoms with van der Waals surface area (Å²) in [6, 6.07) is 9.01. The summed E-state index contributed by atoms with van der Waals surface area (Å²) < 4.78 is 0. The number of aryl methyl sites for hydroxylation is 1. The maximum Gasteiger partial charge on any atom is 0.238 e. The Morgan fingerprint density at radius 1 is 1.30 bits per heavy atom. The second-order valence-electron chi connectivity index (χ2n) is 5.99. The molecular weight excluding hydrogens is 290 g/mol. The van der Waals surface area contributed by atoms with E-state index in [-0.39, 0.29) is 5.91 Å². The van der Waals surface area contributed by atoms with E-state index in [2.05, 4.69) is 15.1 Å². The van der Waals surface area contributed by atoms with E-state index < -0.39 is 12.0 Å². The van der Waals surface area contributed by atoms with Gasteiger partial charge in [0.25, 0.3) is 0 Å². The Hall–Kier alpha value is -2.71. The number of benzene rings is 1. The van der Waals surface area contributed by atoms with Crippen molar-refractivity contribution >= 4 is 17.3 Å². The molecule has 2 atom stereocenters. The van der Waals surface area contributed by atoms with Crippen molar-refractivity contribution in [1.29, 1.82) is 0 Å². The number of carbonyl (C=O) groups excluding carboxylic acids is 1. The predicted molar refractivity (Wildman–Crippen MR) is 85.3 cm³/mol. The Labute approximate surface area is 133 Å². The first kappa shape index (κ1) is 13.9. The fraction of sp³-hybridized carbons (Fsp3) is 0.278. The Kier molecular flexibility index (Phi) is 3.14. The van der Waals surface area contributed by atoms with Gasteiger partial charge in [-0.15, -0.1) is 0 Å². The number of carbonyl (C=O) groups is 1. The van der Waals surface area contributed by atoms with Crippen molar-refractivity contribution in [3.05, 3.63) is 64.3 Å². The van der Waals surface area contributed by atoms with Crippen molar-refractivity contribution in [3.63, 3.8) is 0 Å². The minimum absolute atomic E-state index is 0.139. The summed E-state index contributed by atoms with van der Waals surface area (Å²) in [6.45, 7) is 7.15. The molecule has 0 saturated carbocycles. The molecule has 1 aromatic carbocycles. The van der Waals surface area contributed by atoms with Gasteiger partial charge in [0.2, 0.25) is 5.91 Å². The van der Waals surface area contributed by atoms with Crippen LogP contribution in [0.1, 0.15) is 47.4 Å². The van der Waals surface area contributed by atoms with Crippen LogP contribution in [0.3, 0.4) is 0 Å². The number of hydrogen-bond donors (Lipinski definition) is 2. The van der Waals surface area contributed by atoms with Gasteiger partial charge in [-0.1, -0.05) is 18.2 Å². The molecule has 5 heteroatoms. The number of pyridine rings is 1. The van der Waals surface area contributed by atoms with E-state index in [1.807, 2.05) is 12.1 Å². The number of amides is 1. The van der Waals surface area contributed by atoms with Gasteiger partial charge in [-0.05, 0) is 42.5 Å². The van der Waals surface area contributed by atoms with Crippen LogP contribution >= 0.6 is 0 Å². The molecule has 0 bridgehead atoms. The number of nitrogens with zero attached hydrogens (tertiary/aromatic N) is 2. The number of aliphatic hydroxyl groups excluding tert-OH is 1. The van der Waals surface area contributed by atoms with E-state index >= 15 is 0 Å². The van der Waals surface area contributed by atoms with E-state index in [0.717, 1.165) is 29.7 Å². The SMILES string of the molecule is [C-]#[N+]c1ccc2c(c1)C(c1ccc3c(n1)C(O)CCC3)C(=O)N2. The average Bonchev–Trinajstić information content (AvgIpc) is 2.90. The number of hydrogen-bond acceptors (Lipinski definition) is 3. The molecular formula is C18H15N3O2. The molecule has 0 spiro atoms. The number of aliphatic hydroxyl groups is 1. The van der Waals surface area contributed by atoms with Gasteiger partial charge < -0.3 is 10.4 Å². The largest absolute Gasteiger partial charge is 0.387 e. The monoisotopic (exact) mass is 305 g/mol. The fourth-order valence-corrected chi connectivity index (χ4v) is 3.41. The number of anilines is 1. The van der Waals surface area contributed by atoms with Crippen LogP contribution in [0.5, 0.6) is 0 Å². The van der Waals surface area contributed by atoms with Crippen LogP contribution in [-0.4, -0.2) is 16.0 Å². The molecule has 1 aliphatic carbocycles. The van der Waals surface area contributed by atoms with Crippen LogP contribution in [-0.2, 0) is 11.2 Å². The zero-order valence-corrected chi connectivity index (χ0v) is 12.4. The molecule has 4 rings (SSSR count). The molecule has 23 heavy (non-hydrogen) atoms. The van der Waals surface area contributed by atoms with Gasteiger partial charge in [-0.2, -0.15) is 0 Å². The maximum absolute atomic E-state index is 12.4. The fourth-order valence-electron chi connectivity index (χ4n) is 3.41. The van der Waals surface area contributed by atoms with Gasteiger partial charge in [0.05, 0.1) is 24.1 Å². The maximum atomic E-state index is 12.4. The molecule has 1 aromatic heterocycles. The average molecular weight is 305 g/mol. The van der Waals surface area contributed by atoms with Gasteiger partial charge in [-0.25, -0.2) is 4.85 Å². The summed E-state index contributed by atoms with van der Waals surface area (Å²) in [5.41, 5.74) is 4.39. The van der Waals surface area contributed by atoms with Crippen molar-refractivity contribution in [2.75, 3.05) is 5.32 Å². The molecule has 0 radical (unpaired) electrons. The van der Waals surface area contributed by atoms with Crippen LogP contribution in [0.2, 0.25) is 0 Å². The minimum Gasteiger partial charge on any atom is -0.387 e. The zero-order valence-electron chi connectivity index (χ0n) is 12.4. The van der Waals surface area contributed by atoms with E-state index in [4.69, 9.17) is 6.57 Å². The third kappa shape index (κ3) is 2.19. The van der Waals surface area contributed by atoms with Crippen molar-refractivity contribution in [1.82, 2.24) is 4.98 Å². The van der Waals surface area contributed by atoms with Gasteiger partial charge in [0.15, 0.2) is 5.69 Å². The minimum atomic E-state index is -0.558. The van der Waals surface area contributed by atoms with Gasteiger partial charge in [0.1, 0.15) is 5.92 Å². The van der Waals surface area contributed by atoms with Gasteiger partial charge in [0, 0.05) is 5.69 Å². The number of nitrogens with one attached hydrogen (secondary N) is 1. The van der Waals surface area contributed by atoms with Crippen LogP contribution in [0, 0.1) is 6.57 Å². The van der Waals surface area contributed by atoms with Crippen molar-refractivity contribution < 1.29 is 9.90 Å².